The molecule has 0 atom stereocenters. The molecule has 0 bridgehead atoms. The van der Waals surface area contributed by atoms with Crippen LogP contribution in [0.4, 0.5) is 0 Å². The van der Waals surface area contributed by atoms with Crippen LogP contribution in [0.1, 0.15) is 36.0 Å². The molecule has 17 heavy (non-hydrogen) atoms. The Hall–Kier alpha value is -1.06. The summed E-state index contributed by atoms with van der Waals surface area (Å²) in [5.74, 6) is 0.477. The smallest absolute Gasteiger partial charge is 0.256 e. The SMILES string of the molecule is O=C(Cl)c1ccccc1OCOC1CCCC1. The maximum atomic E-state index is 11.1. The number of rotatable bonds is 5. The minimum atomic E-state index is -0.513. The van der Waals surface area contributed by atoms with Crippen molar-refractivity contribution < 1.29 is 14.3 Å². The van der Waals surface area contributed by atoms with Gasteiger partial charge < -0.3 is 9.47 Å². The minimum Gasteiger partial charge on any atom is -0.467 e. The zero-order chi connectivity index (χ0) is 12.1. The van der Waals surface area contributed by atoms with Crippen molar-refractivity contribution in [1.82, 2.24) is 0 Å². The maximum absolute atomic E-state index is 11.1. The van der Waals surface area contributed by atoms with Crippen LogP contribution in [-0.2, 0) is 4.74 Å². The summed E-state index contributed by atoms with van der Waals surface area (Å²) in [6, 6.07) is 6.91. The highest BCUT2D eigenvalue weighted by Crippen LogP contribution is 2.23. The van der Waals surface area contributed by atoms with Crippen molar-refractivity contribution in [3.8, 4) is 5.75 Å². The zero-order valence-corrected chi connectivity index (χ0v) is 10.3. The van der Waals surface area contributed by atoms with Gasteiger partial charge in [0.05, 0.1) is 11.7 Å². The third kappa shape index (κ3) is 3.45. The monoisotopic (exact) mass is 254 g/mol. The highest BCUT2D eigenvalue weighted by Gasteiger charge is 2.16. The summed E-state index contributed by atoms with van der Waals surface area (Å²) in [7, 11) is 0. The predicted octanol–water partition coefficient (Wildman–Crippen LogP) is 3.36. The van der Waals surface area contributed by atoms with E-state index >= 15 is 0 Å². The highest BCUT2D eigenvalue weighted by atomic mass is 35.5. The van der Waals surface area contributed by atoms with Crippen molar-refractivity contribution in [1.29, 1.82) is 0 Å². The quantitative estimate of drug-likeness (QED) is 0.597. The molecule has 0 N–H and O–H groups in total. The molecule has 1 aromatic carbocycles. The Morgan fingerprint density at radius 2 is 2.00 bits per heavy atom. The average molecular weight is 255 g/mol. The molecular formula is C13H15ClO3. The van der Waals surface area contributed by atoms with Gasteiger partial charge in [-0.1, -0.05) is 25.0 Å². The first-order chi connectivity index (χ1) is 8.27. The van der Waals surface area contributed by atoms with Crippen molar-refractivity contribution in [2.75, 3.05) is 6.79 Å². The number of ether oxygens (including phenoxy) is 2. The number of para-hydroxylation sites is 1. The van der Waals surface area contributed by atoms with E-state index in [2.05, 4.69) is 0 Å². The lowest BCUT2D eigenvalue weighted by atomic mass is 10.2. The topological polar surface area (TPSA) is 35.5 Å². The molecule has 0 aliphatic heterocycles. The second-order valence-electron chi connectivity index (χ2n) is 4.11. The molecule has 0 unspecified atom stereocenters. The molecule has 0 aromatic heterocycles. The Labute approximate surface area is 106 Å². The summed E-state index contributed by atoms with van der Waals surface area (Å²) in [4.78, 5) is 11.1. The van der Waals surface area contributed by atoms with E-state index in [1.807, 2.05) is 0 Å². The fraction of sp³-hybridized carbons (Fsp3) is 0.462. The van der Waals surface area contributed by atoms with E-state index in [1.54, 1.807) is 24.3 Å². The van der Waals surface area contributed by atoms with E-state index in [4.69, 9.17) is 21.1 Å². The van der Waals surface area contributed by atoms with Gasteiger partial charge in [0.1, 0.15) is 5.75 Å². The van der Waals surface area contributed by atoms with E-state index in [9.17, 15) is 4.79 Å². The fourth-order valence-electron chi connectivity index (χ4n) is 2.00. The largest absolute Gasteiger partial charge is 0.467 e. The number of benzene rings is 1. The second kappa shape index (κ2) is 6.03. The summed E-state index contributed by atoms with van der Waals surface area (Å²) in [6.45, 7) is 0.172. The molecule has 3 nitrogen and oxygen atoms in total. The molecule has 0 saturated heterocycles. The molecule has 1 fully saturated rings. The van der Waals surface area contributed by atoms with Crippen LogP contribution >= 0.6 is 11.6 Å². The molecule has 0 heterocycles. The van der Waals surface area contributed by atoms with Crippen LogP contribution < -0.4 is 4.74 Å². The molecule has 2 rings (SSSR count). The van der Waals surface area contributed by atoms with E-state index in [1.165, 1.54) is 12.8 Å². The first-order valence-corrected chi connectivity index (χ1v) is 6.18. The summed E-state index contributed by atoms with van der Waals surface area (Å²) < 4.78 is 11.0. The van der Waals surface area contributed by atoms with Crippen molar-refractivity contribution in [3.63, 3.8) is 0 Å². The Morgan fingerprint density at radius 1 is 1.29 bits per heavy atom. The van der Waals surface area contributed by atoms with Gasteiger partial charge in [0.2, 0.25) is 0 Å². The van der Waals surface area contributed by atoms with Crippen LogP contribution in [0.25, 0.3) is 0 Å². The van der Waals surface area contributed by atoms with Crippen molar-refractivity contribution in [2.24, 2.45) is 0 Å². The summed E-state index contributed by atoms with van der Waals surface area (Å²) in [5, 5.41) is -0.513. The normalized spacial score (nSPS) is 16.1. The third-order valence-corrected chi connectivity index (χ3v) is 3.12. The van der Waals surface area contributed by atoms with Gasteiger partial charge in [-0.25, -0.2) is 0 Å². The number of carbonyl (C=O) groups is 1. The van der Waals surface area contributed by atoms with Gasteiger partial charge in [0, 0.05) is 0 Å². The molecule has 0 radical (unpaired) electrons. The Balaban J connectivity index is 1.87. The standard InChI is InChI=1S/C13H15ClO3/c14-13(15)11-7-3-4-8-12(11)17-9-16-10-5-1-2-6-10/h3-4,7-8,10H,1-2,5-6,9H2. The Bertz CT molecular complexity index is 386. The van der Waals surface area contributed by atoms with Gasteiger partial charge in [-0.05, 0) is 36.6 Å². The van der Waals surface area contributed by atoms with Crippen LogP contribution in [0.15, 0.2) is 24.3 Å². The van der Waals surface area contributed by atoms with E-state index in [0.717, 1.165) is 12.8 Å². The number of carbonyl (C=O) groups excluding carboxylic acids is 1. The van der Waals surface area contributed by atoms with Crippen LogP contribution in [0.3, 0.4) is 0 Å². The number of halogens is 1. The number of hydrogen-bond donors (Lipinski definition) is 0. The third-order valence-electron chi connectivity index (χ3n) is 2.92. The van der Waals surface area contributed by atoms with Crippen LogP contribution in [0, 0.1) is 0 Å². The lowest BCUT2D eigenvalue weighted by molar-refractivity contribution is -0.0326. The fourth-order valence-corrected chi connectivity index (χ4v) is 2.16. The summed E-state index contributed by atoms with van der Waals surface area (Å²) in [6.07, 6.45) is 4.94. The first kappa shape index (κ1) is 12.4. The van der Waals surface area contributed by atoms with Crippen LogP contribution in [0.2, 0.25) is 0 Å². The molecule has 1 aromatic rings. The van der Waals surface area contributed by atoms with Crippen LogP contribution in [0.5, 0.6) is 5.75 Å². The van der Waals surface area contributed by atoms with Gasteiger partial charge in [0.15, 0.2) is 6.79 Å². The minimum absolute atomic E-state index is 0.172. The predicted molar refractivity (Wildman–Crippen MR) is 65.5 cm³/mol. The molecule has 1 saturated carbocycles. The highest BCUT2D eigenvalue weighted by molar-refractivity contribution is 6.68. The Kier molecular flexibility index (Phi) is 4.40. The van der Waals surface area contributed by atoms with Gasteiger partial charge in [-0.3, -0.25) is 4.79 Å². The van der Waals surface area contributed by atoms with Crippen LogP contribution in [-0.4, -0.2) is 18.1 Å². The molecule has 92 valence electrons. The molecule has 4 heteroatoms. The van der Waals surface area contributed by atoms with E-state index < -0.39 is 5.24 Å². The number of hydrogen-bond acceptors (Lipinski definition) is 3. The summed E-state index contributed by atoms with van der Waals surface area (Å²) >= 11 is 5.45. The average Bonchev–Trinajstić information content (AvgIpc) is 2.82. The van der Waals surface area contributed by atoms with Crippen molar-refractivity contribution >= 4 is 16.8 Å². The molecule has 1 aliphatic carbocycles. The van der Waals surface area contributed by atoms with Gasteiger partial charge >= 0.3 is 0 Å². The first-order valence-electron chi connectivity index (χ1n) is 5.80. The lowest BCUT2D eigenvalue weighted by Crippen LogP contribution is -2.13. The van der Waals surface area contributed by atoms with Crippen molar-refractivity contribution in [3.05, 3.63) is 29.8 Å². The van der Waals surface area contributed by atoms with E-state index in [0.29, 0.717) is 17.4 Å². The second-order valence-corrected chi connectivity index (χ2v) is 4.45. The van der Waals surface area contributed by atoms with Crippen molar-refractivity contribution in [2.45, 2.75) is 31.8 Å². The van der Waals surface area contributed by atoms with Gasteiger partial charge in [0.25, 0.3) is 5.24 Å². The summed E-state index contributed by atoms with van der Waals surface area (Å²) in [5.41, 5.74) is 0.379. The van der Waals surface area contributed by atoms with E-state index in [-0.39, 0.29) is 6.79 Å². The molecular weight excluding hydrogens is 240 g/mol. The van der Waals surface area contributed by atoms with Gasteiger partial charge in [-0.15, -0.1) is 0 Å². The molecule has 0 spiro atoms. The Morgan fingerprint density at radius 3 is 2.71 bits per heavy atom. The molecule has 1 aliphatic rings. The lowest BCUT2D eigenvalue weighted by Gasteiger charge is -2.13. The van der Waals surface area contributed by atoms with Gasteiger partial charge in [-0.2, -0.15) is 0 Å². The molecule has 0 amide bonds. The zero-order valence-electron chi connectivity index (χ0n) is 9.52. The maximum Gasteiger partial charge on any atom is 0.256 e.